The van der Waals surface area contributed by atoms with E-state index in [9.17, 15) is 8.78 Å². The fraction of sp³-hybridized carbons (Fsp3) is 0.167. The maximum Gasteiger partial charge on any atom is 0.159 e. The third kappa shape index (κ3) is 2.68. The van der Waals surface area contributed by atoms with Gasteiger partial charge in [0, 0.05) is 4.83 Å². The molecule has 0 aliphatic rings. The molecule has 0 spiro atoms. The summed E-state index contributed by atoms with van der Waals surface area (Å²) in [5, 5.41) is 4.04. The van der Waals surface area contributed by atoms with Crippen molar-refractivity contribution in [1.29, 1.82) is 0 Å². The molecule has 0 bridgehead atoms. The average Bonchev–Trinajstić information content (AvgIpc) is 2.77. The van der Waals surface area contributed by atoms with Crippen molar-refractivity contribution in [3.05, 3.63) is 57.8 Å². The van der Waals surface area contributed by atoms with Crippen LogP contribution in [0.4, 0.5) is 8.78 Å². The average molecular weight is 303 g/mol. The summed E-state index contributed by atoms with van der Waals surface area (Å²) in [5.41, 5.74) is 1.95. The van der Waals surface area contributed by atoms with Crippen LogP contribution in [-0.2, 0) is 6.42 Å². The number of thiophene rings is 1. The van der Waals surface area contributed by atoms with Gasteiger partial charge in [-0.3, -0.25) is 0 Å². The van der Waals surface area contributed by atoms with Gasteiger partial charge in [0.25, 0.3) is 0 Å². The normalized spacial score (nSPS) is 12.7. The van der Waals surface area contributed by atoms with Crippen LogP contribution in [0.25, 0.3) is 0 Å². The highest BCUT2D eigenvalue weighted by atomic mass is 79.9. The number of hydrogen-bond acceptors (Lipinski definition) is 1. The molecular formula is C12H9BrF2S. The van der Waals surface area contributed by atoms with Crippen molar-refractivity contribution in [2.45, 2.75) is 11.2 Å². The van der Waals surface area contributed by atoms with E-state index in [0.717, 1.165) is 17.2 Å². The Hall–Kier alpha value is -0.740. The maximum absolute atomic E-state index is 13.0. The first-order valence-corrected chi connectivity index (χ1v) is 6.63. The van der Waals surface area contributed by atoms with Gasteiger partial charge in [0.15, 0.2) is 11.6 Å². The molecule has 0 saturated heterocycles. The molecule has 1 unspecified atom stereocenters. The van der Waals surface area contributed by atoms with Crippen molar-refractivity contribution >= 4 is 27.3 Å². The molecule has 2 rings (SSSR count). The quantitative estimate of drug-likeness (QED) is 0.721. The Morgan fingerprint density at radius 3 is 2.62 bits per heavy atom. The Balaban J connectivity index is 2.12. The zero-order valence-corrected chi connectivity index (χ0v) is 10.7. The van der Waals surface area contributed by atoms with E-state index in [4.69, 9.17) is 0 Å². The second-order valence-electron chi connectivity index (χ2n) is 3.48. The summed E-state index contributed by atoms with van der Waals surface area (Å²) < 4.78 is 25.7. The highest BCUT2D eigenvalue weighted by molar-refractivity contribution is 9.09. The molecule has 16 heavy (non-hydrogen) atoms. The van der Waals surface area contributed by atoms with Gasteiger partial charge in [0.05, 0.1) is 0 Å². The molecule has 0 fully saturated rings. The van der Waals surface area contributed by atoms with Crippen molar-refractivity contribution in [1.82, 2.24) is 0 Å². The van der Waals surface area contributed by atoms with Crippen LogP contribution in [0.1, 0.15) is 16.0 Å². The SMILES string of the molecule is Fc1ccc(CC(Br)c2ccsc2)cc1F. The number of hydrogen-bond donors (Lipinski definition) is 0. The lowest BCUT2D eigenvalue weighted by molar-refractivity contribution is 0.507. The van der Waals surface area contributed by atoms with Crippen LogP contribution in [0, 0.1) is 11.6 Å². The van der Waals surface area contributed by atoms with Gasteiger partial charge in [-0.15, -0.1) is 0 Å². The predicted molar refractivity (Wildman–Crippen MR) is 66.0 cm³/mol. The lowest BCUT2D eigenvalue weighted by Gasteiger charge is -2.08. The van der Waals surface area contributed by atoms with Gasteiger partial charge in [-0.25, -0.2) is 8.78 Å². The first kappa shape index (κ1) is 11.7. The Labute approximate surface area is 105 Å². The van der Waals surface area contributed by atoms with E-state index in [1.807, 2.05) is 16.8 Å². The molecule has 0 aliphatic heterocycles. The molecule has 0 aliphatic carbocycles. The molecule has 1 atom stereocenters. The van der Waals surface area contributed by atoms with Crippen LogP contribution >= 0.6 is 27.3 Å². The van der Waals surface area contributed by atoms with Gasteiger partial charge in [0.1, 0.15) is 0 Å². The highest BCUT2D eigenvalue weighted by Crippen LogP contribution is 2.28. The lowest BCUT2D eigenvalue weighted by atomic mass is 10.1. The van der Waals surface area contributed by atoms with E-state index in [1.54, 1.807) is 17.4 Å². The summed E-state index contributed by atoms with van der Waals surface area (Å²) in [5.74, 6) is -1.59. The van der Waals surface area contributed by atoms with Crippen molar-refractivity contribution in [2.75, 3.05) is 0 Å². The van der Waals surface area contributed by atoms with Crippen LogP contribution in [-0.4, -0.2) is 0 Å². The Bertz CT molecular complexity index is 468. The molecule has 0 saturated carbocycles. The fourth-order valence-electron chi connectivity index (χ4n) is 1.44. The number of benzene rings is 1. The van der Waals surface area contributed by atoms with Crippen molar-refractivity contribution < 1.29 is 8.78 Å². The van der Waals surface area contributed by atoms with E-state index in [1.165, 1.54) is 6.07 Å². The van der Waals surface area contributed by atoms with Gasteiger partial charge < -0.3 is 0 Å². The Morgan fingerprint density at radius 2 is 2.00 bits per heavy atom. The Kier molecular flexibility index (Phi) is 3.71. The summed E-state index contributed by atoms with van der Waals surface area (Å²) in [7, 11) is 0. The second kappa shape index (κ2) is 5.06. The van der Waals surface area contributed by atoms with Crippen LogP contribution in [0.15, 0.2) is 35.0 Å². The molecule has 2 aromatic rings. The molecule has 84 valence electrons. The molecule has 0 N–H and O–H groups in total. The molecule has 4 heteroatoms. The van der Waals surface area contributed by atoms with Gasteiger partial charge in [-0.1, -0.05) is 22.0 Å². The van der Waals surface area contributed by atoms with Crippen LogP contribution < -0.4 is 0 Å². The number of alkyl halides is 1. The summed E-state index contributed by atoms with van der Waals surface area (Å²) in [6.45, 7) is 0. The summed E-state index contributed by atoms with van der Waals surface area (Å²) >= 11 is 5.16. The zero-order valence-electron chi connectivity index (χ0n) is 8.29. The van der Waals surface area contributed by atoms with E-state index in [0.29, 0.717) is 6.42 Å². The molecular weight excluding hydrogens is 294 g/mol. The topological polar surface area (TPSA) is 0 Å². The van der Waals surface area contributed by atoms with Crippen molar-refractivity contribution in [3.63, 3.8) is 0 Å². The number of halogens is 3. The number of rotatable bonds is 3. The predicted octanol–water partition coefficient (Wildman–Crippen LogP) is 4.71. The van der Waals surface area contributed by atoms with Gasteiger partial charge in [-0.05, 0) is 46.5 Å². The molecule has 1 aromatic heterocycles. The largest absolute Gasteiger partial charge is 0.204 e. The molecule has 1 aromatic carbocycles. The van der Waals surface area contributed by atoms with E-state index >= 15 is 0 Å². The minimum atomic E-state index is -0.801. The third-order valence-corrected chi connectivity index (χ3v) is 3.86. The van der Waals surface area contributed by atoms with Gasteiger partial charge in [0.2, 0.25) is 0 Å². The second-order valence-corrected chi connectivity index (χ2v) is 5.36. The van der Waals surface area contributed by atoms with E-state index < -0.39 is 11.6 Å². The fourth-order valence-corrected chi connectivity index (χ4v) is 2.99. The smallest absolute Gasteiger partial charge is 0.159 e. The maximum atomic E-state index is 13.0. The van der Waals surface area contributed by atoms with E-state index in [2.05, 4.69) is 15.9 Å². The van der Waals surface area contributed by atoms with Crippen LogP contribution in [0.2, 0.25) is 0 Å². The standard InChI is InChI=1S/C12H9BrF2S/c13-10(9-3-4-16-7-9)5-8-1-2-11(14)12(15)6-8/h1-4,6-7,10H,5H2. The Morgan fingerprint density at radius 1 is 1.19 bits per heavy atom. The summed E-state index contributed by atoms with van der Waals surface area (Å²) in [6, 6.07) is 6.04. The molecule has 0 radical (unpaired) electrons. The van der Waals surface area contributed by atoms with Gasteiger partial charge >= 0.3 is 0 Å². The molecule has 0 nitrogen and oxygen atoms in total. The molecule has 0 amide bonds. The summed E-state index contributed by atoms with van der Waals surface area (Å²) in [6.07, 6.45) is 0.647. The van der Waals surface area contributed by atoms with Crippen LogP contribution in [0.3, 0.4) is 0 Å². The van der Waals surface area contributed by atoms with Crippen molar-refractivity contribution in [2.24, 2.45) is 0 Å². The van der Waals surface area contributed by atoms with Crippen molar-refractivity contribution in [3.8, 4) is 0 Å². The molecule has 1 heterocycles. The highest BCUT2D eigenvalue weighted by Gasteiger charge is 2.10. The van der Waals surface area contributed by atoms with E-state index in [-0.39, 0.29) is 4.83 Å². The first-order chi connectivity index (χ1) is 7.66. The lowest BCUT2D eigenvalue weighted by Crippen LogP contribution is -1.95. The summed E-state index contributed by atoms with van der Waals surface area (Å²) in [4.78, 5) is 0.142. The van der Waals surface area contributed by atoms with Gasteiger partial charge in [-0.2, -0.15) is 11.3 Å². The monoisotopic (exact) mass is 302 g/mol. The van der Waals surface area contributed by atoms with Crippen LogP contribution in [0.5, 0.6) is 0 Å². The first-order valence-electron chi connectivity index (χ1n) is 4.77. The third-order valence-electron chi connectivity index (χ3n) is 2.30. The minimum Gasteiger partial charge on any atom is -0.204 e. The minimum absolute atomic E-state index is 0.142. The zero-order chi connectivity index (χ0) is 11.5.